The second kappa shape index (κ2) is 9.24. The van der Waals surface area contributed by atoms with E-state index in [4.69, 9.17) is 0 Å². The van der Waals surface area contributed by atoms with E-state index in [1.54, 1.807) is 6.92 Å². The third kappa shape index (κ3) is 4.55. The number of aliphatic hydroxyl groups is 3. The first-order chi connectivity index (χ1) is 12.0. The lowest BCUT2D eigenvalue weighted by Crippen LogP contribution is -2.69. The summed E-state index contributed by atoms with van der Waals surface area (Å²) < 4.78 is 14.2. The quantitative estimate of drug-likeness (QED) is 0.547. The molecule has 1 aliphatic rings. The van der Waals surface area contributed by atoms with Gasteiger partial charge in [-0.1, -0.05) is 30.3 Å². The molecule has 5 atom stereocenters. The fourth-order valence-electron chi connectivity index (χ4n) is 3.40. The minimum Gasteiger partial charge on any atom is -0.395 e. The summed E-state index contributed by atoms with van der Waals surface area (Å²) in [4.78, 5) is 13.9. The highest BCUT2D eigenvalue weighted by atomic mass is 19.1. The average Bonchev–Trinajstić information content (AvgIpc) is 2.61. The van der Waals surface area contributed by atoms with Crippen molar-refractivity contribution in [2.45, 2.75) is 50.2 Å². The van der Waals surface area contributed by atoms with Crippen LogP contribution in [0.3, 0.4) is 0 Å². The molecular weight excluding hydrogens is 327 g/mol. The Balaban J connectivity index is 2.13. The first-order valence-electron chi connectivity index (χ1n) is 8.69. The van der Waals surface area contributed by atoms with Crippen molar-refractivity contribution in [2.24, 2.45) is 0 Å². The molecule has 1 saturated heterocycles. The van der Waals surface area contributed by atoms with E-state index in [1.807, 2.05) is 30.3 Å². The molecule has 0 spiro atoms. The number of amides is 1. The molecule has 140 valence electrons. The summed E-state index contributed by atoms with van der Waals surface area (Å²) in [5.74, 6) is -0.497. The lowest BCUT2D eigenvalue weighted by molar-refractivity contribution is -0.163. The van der Waals surface area contributed by atoms with Crippen LogP contribution < -0.4 is 5.32 Å². The van der Waals surface area contributed by atoms with E-state index in [2.05, 4.69) is 5.32 Å². The van der Waals surface area contributed by atoms with Crippen LogP contribution in [0.15, 0.2) is 30.3 Å². The fourth-order valence-corrected chi connectivity index (χ4v) is 3.40. The molecule has 4 N–H and O–H groups in total. The molecule has 0 saturated carbocycles. The molecule has 6 nitrogen and oxygen atoms in total. The number of piperidine rings is 1. The van der Waals surface area contributed by atoms with Gasteiger partial charge in [-0.05, 0) is 31.9 Å². The fraction of sp³-hybridized carbons (Fsp3) is 0.611. The number of alkyl halides is 1. The van der Waals surface area contributed by atoms with E-state index < -0.39 is 43.0 Å². The Morgan fingerprint density at radius 2 is 1.92 bits per heavy atom. The highest BCUT2D eigenvalue weighted by Crippen LogP contribution is 2.27. The minimum absolute atomic E-state index is 0.350. The van der Waals surface area contributed by atoms with Crippen LogP contribution in [0.25, 0.3) is 0 Å². The summed E-state index contributed by atoms with van der Waals surface area (Å²) in [6.45, 7) is 1.94. The number of carbonyl (C=O) groups excluding carboxylic acids is 1. The molecule has 0 aliphatic carbocycles. The monoisotopic (exact) mass is 354 g/mol. The SMILES string of the molecule is CCNC(=O)[C@@H]1[C@@H](O)[C@H](F)[C@H](O)[C@@H](CO)N1CCCc1ccccc1. The third-order valence-corrected chi connectivity index (χ3v) is 4.68. The number of aliphatic hydroxyl groups excluding tert-OH is 3. The summed E-state index contributed by atoms with van der Waals surface area (Å²) in [7, 11) is 0. The second-order valence-electron chi connectivity index (χ2n) is 6.34. The Hall–Kier alpha value is -1.54. The minimum atomic E-state index is -1.98. The maximum Gasteiger partial charge on any atom is 0.240 e. The number of aryl methyl sites for hydroxylation is 1. The summed E-state index contributed by atoms with van der Waals surface area (Å²) in [5.41, 5.74) is 1.12. The van der Waals surface area contributed by atoms with E-state index in [9.17, 15) is 24.5 Å². The molecule has 1 amide bonds. The zero-order valence-electron chi connectivity index (χ0n) is 14.4. The predicted molar refractivity (Wildman–Crippen MR) is 91.7 cm³/mol. The smallest absolute Gasteiger partial charge is 0.240 e. The Bertz CT molecular complexity index is 545. The highest BCUT2D eigenvalue weighted by molar-refractivity contribution is 5.82. The molecular formula is C18H27FN2O4. The molecule has 1 fully saturated rings. The van der Waals surface area contributed by atoms with Gasteiger partial charge < -0.3 is 20.6 Å². The van der Waals surface area contributed by atoms with Crippen molar-refractivity contribution in [1.29, 1.82) is 0 Å². The van der Waals surface area contributed by atoms with Crippen molar-refractivity contribution in [3.63, 3.8) is 0 Å². The Morgan fingerprint density at radius 3 is 2.52 bits per heavy atom. The number of likely N-dealkylation sites (tertiary alicyclic amines) is 1. The van der Waals surface area contributed by atoms with Gasteiger partial charge in [-0.3, -0.25) is 9.69 Å². The number of nitrogens with one attached hydrogen (secondary N) is 1. The van der Waals surface area contributed by atoms with Gasteiger partial charge in [0.1, 0.15) is 18.2 Å². The van der Waals surface area contributed by atoms with Gasteiger partial charge in [0.15, 0.2) is 6.17 Å². The first kappa shape index (κ1) is 19.8. The van der Waals surface area contributed by atoms with E-state index >= 15 is 0 Å². The topological polar surface area (TPSA) is 93.0 Å². The average molecular weight is 354 g/mol. The van der Waals surface area contributed by atoms with Gasteiger partial charge in [0.25, 0.3) is 0 Å². The zero-order valence-corrected chi connectivity index (χ0v) is 14.4. The lowest BCUT2D eigenvalue weighted by Gasteiger charge is -2.47. The van der Waals surface area contributed by atoms with E-state index in [1.165, 1.54) is 4.90 Å². The Kier molecular flexibility index (Phi) is 7.31. The molecule has 1 heterocycles. The van der Waals surface area contributed by atoms with E-state index in [0.29, 0.717) is 19.5 Å². The maximum atomic E-state index is 14.2. The van der Waals surface area contributed by atoms with Crippen LogP contribution in [0.1, 0.15) is 18.9 Å². The van der Waals surface area contributed by atoms with Gasteiger partial charge in [0, 0.05) is 6.54 Å². The molecule has 0 unspecified atom stereocenters. The molecule has 7 heteroatoms. The Labute approximate surface area is 147 Å². The van der Waals surface area contributed by atoms with Crippen molar-refractivity contribution in [2.75, 3.05) is 19.7 Å². The van der Waals surface area contributed by atoms with Crippen LogP contribution in [0, 0.1) is 0 Å². The summed E-state index contributed by atoms with van der Waals surface area (Å²) in [5, 5.41) is 32.4. The third-order valence-electron chi connectivity index (χ3n) is 4.68. The molecule has 1 aromatic carbocycles. The highest BCUT2D eigenvalue weighted by Gasteiger charge is 2.50. The molecule has 1 aromatic rings. The summed E-state index contributed by atoms with van der Waals surface area (Å²) >= 11 is 0. The van der Waals surface area contributed by atoms with Gasteiger partial charge in [0.05, 0.1) is 12.6 Å². The largest absolute Gasteiger partial charge is 0.395 e. The molecule has 1 aliphatic heterocycles. The number of likely N-dealkylation sites (N-methyl/N-ethyl adjacent to an activating group) is 1. The lowest BCUT2D eigenvalue weighted by atomic mass is 9.88. The number of carbonyl (C=O) groups is 1. The van der Waals surface area contributed by atoms with Crippen molar-refractivity contribution < 1.29 is 24.5 Å². The van der Waals surface area contributed by atoms with Crippen LogP contribution in [-0.2, 0) is 11.2 Å². The van der Waals surface area contributed by atoms with Crippen LogP contribution in [0.5, 0.6) is 0 Å². The van der Waals surface area contributed by atoms with Gasteiger partial charge in [-0.2, -0.15) is 0 Å². The number of hydrogen-bond acceptors (Lipinski definition) is 5. The molecule has 0 radical (unpaired) electrons. The van der Waals surface area contributed by atoms with Crippen LogP contribution >= 0.6 is 0 Å². The second-order valence-corrected chi connectivity index (χ2v) is 6.34. The van der Waals surface area contributed by atoms with Crippen molar-refractivity contribution in [3.8, 4) is 0 Å². The molecule has 25 heavy (non-hydrogen) atoms. The molecule has 0 bridgehead atoms. The molecule has 0 aromatic heterocycles. The van der Waals surface area contributed by atoms with E-state index in [-0.39, 0.29) is 0 Å². The zero-order chi connectivity index (χ0) is 18.4. The summed E-state index contributed by atoms with van der Waals surface area (Å²) in [6.07, 6.45) is -3.77. The first-order valence-corrected chi connectivity index (χ1v) is 8.69. The van der Waals surface area contributed by atoms with Gasteiger partial charge in [-0.25, -0.2) is 4.39 Å². The number of hydrogen-bond donors (Lipinski definition) is 4. The standard InChI is InChI=1S/C18H27FN2O4/c1-2-20-18(25)15-17(24)14(19)16(23)13(11-22)21(15)10-6-9-12-7-4-3-5-8-12/h3-5,7-8,13-17,22-24H,2,6,9-11H2,1H3,(H,20,25)/t13-,14-,15+,16-,17+/m1/s1. The van der Waals surface area contributed by atoms with Crippen molar-refractivity contribution in [3.05, 3.63) is 35.9 Å². The van der Waals surface area contributed by atoms with Crippen molar-refractivity contribution in [1.82, 2.24) is 10.2 Å². The van der Waals surface area contributed by atoms with Gasteiger partial charge in [0.2, 0.25) is 5.91 Å². The van der Waals surface area contributed by atoms with Gasteiger partial charge in [-0.15, -0.1) is 0 Å². The van der Waals surface area contributed by atoms with Crippen molar-refractivity contribution >= 4 is 5.91 Å². The van der Waals surface area contributed by atoms with Crippen LogP contribution in [0.4, 0.5) is 4.39 Å². The van der Waals surface area contributed by atoms with E-state index in [0.717, 1.165) is 12.0 Å². The number of halogens is 1. The number of benzene rings is 1. The Morgan fingerprint density at radius 1 is 1.24 bits per heavy atom. The predicted octanol–water partition coefficient (Wildman–Crippen LogP) is -0.140. The number of rotatable bonds is 7. The van der Waals surface area contributed by atoms with Gasteiger partial charge >= 0.3 is 0 Å². The van der Waals surface area contributed by atoms with Crippen LogP contribution in [0.2, 0.25) is 0 Å². The summed E-state index contributed by atoms with van der Waals surface area (Å²) in [6, 6.07) is 7.71. The normalized spacial score (nSPS) is 30.2. The van der Waals surface area contributed by atoms with Crippen LogP contribution in [-0.4, -0.2) is 76.3 Å². The maximum absolute atomic E-state index is 14.2. The number of nitrogens with zero attached hydrogens (tertiary/aromatic N) is 1. The molecule has 2 rings (SSSR count).